The Bertz CT molecular complexity index is 336. The minimum Gasteiger partial charge on any atom is -0.467 e. The van der Waals surface area contributed by atoms with Gasteiger partial charge in [0.25, 0.3) is 0 Å². The molecule has 0 aromatic carbocycles. The lowest BCUT2D eigenvalue weighted by molar-refractivity contribution is -0.145. The minimum absolute atomic E-state index is 0.0126. The lowest BCUT2D eigenvalue weighted by atomic mass is 9.92. The maximum Gasteiger partial charge on any atom is 0.408 e. The van der Waals surface area contributed by atoms with Crippen molar-refractivity contribution in [2.45, 2.75) is 25.8 Å². The molecule has 1 saturated heterocycles. The summed E-state index contributed by atoms with van der Waals surface area (Å²) in [5.41, 5.74) is 0.732. The maximum absolute atomic E-state index is 11.7. The molecule has 6 nitrogen and oxygen atoms in total. The molecule has 6 heteroatoms. The SMILES string of the molecule is C=C(C)COC(=O)NC(C(=O)OC)C1CCOCC1. The van der Waals surface area contributed by atoms with Crippen LogP contribution in [-0.2, 0) is 19.0 Å². The first-order chi connectivity index (χ1) is 9.04. The van der Waals surface area contributed by atoms with Gasteiger partial charge < -0.3 is 19.5 Å². The van der Waals surface area contributed by atoms with Gasteiger partial charge in [0.1, 0.15) is 12.6 Å². The van der Waals surface area contributed by atoms with E-state index in [1.54, 1.807) is 6.92 Å². The quantitative estimate of drug-likeness (QED) is 0.602. The predicted molar refractivity (Wildman–Crippen MR) is 68.6 cm³/mol. The highest BCUT2D eigenvalue weighted by atomic mass is 16.6. The monoisotopic (exact) mass is 271 g/mol. The number of rotatable bonds is 5. The molecule has 0 saturated carbocycles. The van der Waals surface area contributed by atoms with Crippen molar-refractivity contribution in [3.63, 3.8) is 0 Å². The second-order valence-electron chi connectivity index (χ2n) is 4.63. The largest absolute Gasteiger partial charge is 0.467 e. The lowest BCUT2D eigenvalue weighted by Crippen LogP contribution is -2.48. The lowest BCUT2D eigenvalue weighted by Gasteiger charge is -2.28. The van der Waals surface area contributed by atoms with E-state index in [0.717, 1.165) is 5.57 Å². The van der Waals surface area contributed by atoms with E-state index in [9.17, 15) is 9.59 Å². The summed E-state index contributed by atoms with van der Waals surface area (Å²) in [6.07, 6.45) is 0.783. The van der Waals surface area contributed by atoms with Crippen molar-refractivity contribution >= 4 is 12.1 Å². The topological polar surface area (TPSA) is 73.9 Å². The van der Waals surface area contributed by atoms with Crippen LogP contribution in [-0.4, -0.2) is 45.0 Å². The molecular formula is C13H21NO5. The van der Waals surface area contributed by atoms with Gasteiger partial charge in [0.2, 0.25) is 0 Å². The summed E-state index contributed by atoms with van der Waals surface area (Å²) in [5.74, 6) is -0.447. The number of carbonyl (C=O) groups excluding carboxylic acids is 2. The molecule has 1 heterocycles. The van der Waals surface area contributed by atoms with E-state index in [4.69, 9.17) is 14.2 Å². The van der Waals surface area contributed by atoms with Crippen molar-refractivity contribution in [3.8, 4) is 0 Å². The minimum atomic E-state index is -0.688. The number of ether oxygens (including phenoxy) is 3. The second kappa shape index (κ2) is 7.78. The molecule has 1 rings (SSSR count). The molecule has 0 aliphatic carbocycles. The molecule has 1 amide bonds. The first-order valence-electron chi connectivity index (χ1n) is 6.28. The molecule has 108 valence electrons. The van der Waals surface area contributed by atoms with E-state index < -0.39 is 18.1 Å². The average Bonchev–Trinajstić information content (AvgIpc) is 2.42. The van der Waals surface area contributed by atoms with Crippen LogP contribution in [0.2, 0.25) is 0 Å². The molecule has 0 radical (unpaired) electrons. The van der Waals surface area contributed by atoms with Crippen molar-refractivity contribution < 1.29 is 23.8 Å². The Morgan fingerprint density at radius 1 is 1.42 bits per heavy atom. The number of alkyl carbamates (subject to hydrolysis) is 1. The van der Waals surface area contributed by atoms with Crippen LogP contribution < -0.4 is 5.32 Å². The van der Waals surface area contributed by atoms with Crippen LogP contribution in [0.1, 0.15) is 19.8 Å². The Morgan fingerprint density at radius 3 is 2.58 bits per heavy atom. The van der Waals surface area contributed by atoms with Gasteiger partial charge in [-0.05, 0) is 31.3 Å². The third-order valence-corrected chi connectivity index (χ3v) is 2.92. The van der Waals surface area contributed by atoms with Gasteiger partial charge >= 0.3 is 12.1 Å². The summed E-state index contributed by atoms with van der Waals surface area (Å²) in [6, 6.07) is -0.688. The van der Waals surface area contributed by atoms with Gasteiger partial charge in [-0.1, -0.05) is 6.58 Å². The highest BCUT2D eigenvalue weighted by Gasteiger charge is 2.32. The molecule has 0 aromatic heterocycles. The summed E-state index contributed by atoms with van der Waals surface area (Å²) in [6.45, 7) is 6.69. The Balaban J connectivity index is 2.55. The first kappa shape index (κ1) is 15.5. The van der Waals surface area contributed by atoms with Crippen molar-refractivity contribution in [1.82, 2.24) is 5.32 Å². The fourth-order valence-electron chi connectivity index (χ4n) is 1.90. The van der Waals surface area contributed by atoms with Gasteiger partial charge in [-0.2, -0.15) is 0 Å². The van der Waals surface area contributed by atoms with Crippen molar-refractivity contribution in [2.24, 2.45) is 5.92 Å². The van der Waals surface area contributed by atoms with Crippen molar-refractivity contribution in [2.75, 3.05) is 26.9 Å². The van der Waals surface area contributed by atoms with Crippen molar-refractivity contribution in [3.05, 3.63) is 12.2 Å². The fraction of sp³-hybridized carbons (Fsp3) is 0.692. The normalized spacial score (nSPS) is 17.4. The second-order valence-corrected chi connectivity index (χ2v) is 4.63. The number of hydrogen-bond donors (Lipinski definition) is 1. The number of methoxy groups -OCH3 is 1. The fourth-order valence-corrected chi connectivity index (χ4v) is 1.90. The summed E-state index contributed by atoms with van der Waals surface area (Å²) in [5, 5.41) is 2.56. The molecule has 1 N–H and O–H groups in total. The zero-order chi connectivity index (χ0) is 14.3. The summed E-state index contributed by atoms with van der Waals surface area (Å²) >= 11 is 0. The van der Waals surface area contributed by atoms with Gasteiger partial charge in [0.05, 0.1) is 7.11 Å². The van der Waals surface area contributed by atoms with Gasteiger partial charge in [0.15, 0.2) is 0 Å². The molecule has 1 atom stereocenters. The van der Waals surface area contributed by atoms with Crippen LogP contribution in [0.25, 0.3) is 0 Å². The highest BCUT2D eigenvalue weighted by Crippen LogP contribution is 2.19. The van der Waals surface area contributed by atoms with Gasteiger partial charge in [-0.25, -0.2) is 9.59 Å². The van der Waals surface area contributed by atoms with E-state index >= 15 is 0 Å². The molecule has 1 aliphatic rings. The molecule has 0 spiro atoms. The molecule has 0 aromatic rings. The number of carbonyl (C=O) groups is 2. The number of esters is 1. The number of amides is 1. The highest BCUT2D eigenvalue weighted by molar-refractivity contribution is 5.81. The molecule has 19 heavy (non-hydrogen) atoms. The van der Waals surface area contributed by atoms with E-state index in [1.807, 2.05) is 0 Å². The van der Waals surface area contributed by atoms with Crippen molar-refractivity contribution in [1.29, 1.82) is 0 Å². The van der Waals surface area contributed by atoms with Gasteiger partial charge in [-0.15, -0.1) is 0 Å². The first-order valence-corrected chi connectivity index (χ1v) is 6.28. The smallest absolute Gasteiger partial charge is 0.408 e. The maximum atomic E-state index is 11.7. The third-order valence-electron chi connectivity index (χ3n) is 2.92. The number of hydrogen-bond acceptors (Lipinski definition) is 5. The van der Waals surface area contributed by atoms with Crippen LogP contribution in [0.15, 0.2) is 12.2 Å². The standard InChI is InChI=1S/C13H21NO5/c1-9(2)8-19-13(16)14-11(12(15)17-3)10-4-6-18-7-5-10/h10-11H,1,4-8H2,2-3H3,(H,14,16). The Hall–Kier alpha value is -1.56. The number of nitrogens with one attached hydrogen (secondary N) is 1. The zero-order valence-corrected chi connectivity index (χ0v) is 11.4. The van der Waals surface area contributed by atoms with Gasteiger partial charge in [0, 0.05) is 13.2 Å². The van der Waals surface area contributed by atoms with Crippen LogP contribution >= 0.6 is 0 Å². The average molecular weight is 271 g/mol. The Morgan fingerprint density at radius 2 is 2.05 bits per heavy atom. The van der Waals surface area contributed by atoms with E-state index in [-0.39, 0.29) is 12.5 Å². The summed E-state index contributed by atoms with van der Waals surface area (Å²) in [4.78, 5) is 23.3. The van der Waals surface area contributed by atoms with Gasteiger partial charge in [-0.3, -0.25) is 0 Å². The van der Waals surface area contributed by atoms with Crippen LogP contribution in [0.5, 0.6) is 0 Å². The summed E-state index contributed by atoms with van der Waals surface area (Å²) in [7, 11) is 1.30. The predicted octanol–water partition coefficient (Wildman–Crippen LogP) is 1.26. The van der Waals surface area contributed by atoms with E-state index in [1.165, 1.54) is 7.11 Å². The molecule has 1 fully saturated rings. The third kappa shape index (κ3) is 5.30. The Kier molecular flexibility index (Phi) is 6.35. The van der Waals surface area contributed by atoms with Crippen LogP contribution in [0.4, 0.5) is 4.79 Å². The Labute approximate surface area is 113 Å². The molecule has 1 unspecified atom stereocenters. The van der Waals surface area contributed by atoms with E-state index in [2.05, 4.69) is 11.9 Å². The molecule has 1 aliphatic heterocycles. The van der Waals surface area contributed by atoms with Crippen LogP contribution in [0.3, 0.4) is 0 Å². The summed E-state index contributed by atoms with van der Waals surface area (Å²) < 4.78 is 14.9. The molecular weight excluding hydrogens is 250 g/mol. The molecule has 0 bridgehead atoms. The van der Waals surface area contributed by atoms with E-state index in [0.29, 0.717) is 26.1 Å². The van der Waals surface area contributed by atoms with Crippen LogP contribution in [0, 0.1) is 5.92 Å². The zero-order valence-electron chi connectivity index (χ0n) is 11.4.